The molecule has 2 atom stereocenters. The van der Waals surface area contributed by atoms with E-state index in [-0.39, 0.29) is 0 Å². The van der Waals surface area contributed by atoms with Gasteiger partial charge in [-0.2, -0.15) is 0 Å². The fourth-order valence-electron chi connectivity index (χ4n) is 2.11. The second-order valence-electron chi connectivity index (χ2n) is 5.51. The zero-order chi connectivity index (χ0) is 9.35. The Hall–Kier alpha value is 0.177. The van der Waals surface area contributed by atoms with Crippen LogP contribution in [0.25, 0.3) is 0 Å². The minimum atomic E-state index is -0.880. The van der Waals surface area contributed by atoms with Crippen LogP contribution in [0, 0.1) is 0 Å². The molecule has 0 radical (unpaired) electrons. The SMILES string of the molecule is CC1CCC(C)N1C[Si](C)(C)C. The maximum absolute atomic E-state index is 2.71. The number of hydrogen-bond donors (Lipinski definition) is 0. The fourth-order valence-corrected chi connectivity index (χ4v) is 3.83. The molecule has 1 aliphatic heterocycles. The van der Waals surface area contributed by atoms with Crippen LogP contribution in [-0.2, 0) is 0 Å². The molecule has 1 heterocycles. The number of likely N-dealkylation sites (tertiary alicyclic amines) is 1. The summed E-state index contributed by atoms with van der Waals surface area (Å²) in [4.78, 5) is 2.71. The summed E-state index contributed by atoms with van der Waals surface area (Å²) in [6.45, 7) is 12.1. The number of rotatable bonds is 2. The molecule has 0 N–H and O–H groups in total. The van der Waals surface area contributed by atoms with E-state index < -0.39 is 8.07 Å². The van der Waals surface area contributed by atoms with E-state index in [1.807, 2.05) is 0 Å². The van der Waals surface area contributed by atoms with Crippen LogP contribution in [0.2, 0.25) is 19.6 Å². The Morgan fingerprint density at radius 1 is 1.08 bits per heavy atom. The molecule has 1 aliphatic rings. The molecule has 0 aromatic rings. The molecule has 12 heavy (non-hydrogen) atoms. The van der Waals surface area contributed by atoms with Gasteiger partial charge in [-0.25, -0.2) is 0 Å². The van der Waals surface area contributed by atoms with Crippen molar-refractivity contribution < 1.29 is 0 Å². The van der Waals surface area contributed by atoms with Crippen LogP contribution in [0.3, 0.4) is 0 Å². The minimum absolute atomic E-state index is 0.840. The van der Waals surface area contributed by atoms with Crippen molar-refractivity contribution >= 4 is 8.07 Å². The van der Waals surface area contributed by atoms with Crippen molar-refractivity contribution in [2.24, 2.45) is 0 Å². The van der Waals surface area contributed by atoms with E-state index in [1.165, 1.54) is 19.0 Å². The van der Waals surface area contributed by atoms with Gasteiger partial charge in [0.1, 0.15) is 0 Å². The zero-order valence-corrected chi connectivity index (χ0v) is 10.2. The minimum Gasteiger partial charge on any atom is -0.301 e. The maximum Gasteiger partial charge on any atom is 0.0599 e. The Balaban J connectivity index is 2.50. The van der Waals surface area contributed by atoms with Gasteiger partial charge in [-0.1, -0.05) is 19.6 Å². The van der Waals surface area contributed by atoms with Crippen molar-refractivity contribution in [2.45, 2.75) is 58.4 Å². The zero-order valence-electron chi connectivity index (χ0n) is 9.22. The summed E-state index contributed by atoms with van der Waals surface area (Å²) in [6, 6.07) is 1.68. The summed E-state index contributed by atoms with van der Waals surface area (Å²) < 4.78 is 0. The van der Waals surface area contributed by atoms with Gasteiger partial charge < -0.3 is 4.90 Å². The summed E-state index contributed by atoms with van der Waals surface area (Å²) in [5.41, 5.74) is 0. The first kappa shape index (κ1) is 10.3. The summed E-state index contributed by atoms with van der Waals surface area (Å²) in [6.07, 6.45) is 4.20. The van der Waals surface area contributed by atoms with Gasteiger partial charge in [-0.3, -0.25) is 0 Å². The van der Waals surface area contributed by atoms with Crippen LogP contribution in [0.4, 0.5) is 0 Å². The molecule has 1 rings (SSSR count). The first-order valence-electron chi connectivity index (χ1n) is 5.16. The van der Waals surface area contributed by atoms with E-state index in [1.54, 1.807) is 0 Å². The normalized spacial score (nSPS) is 32.8. The lowest BCUT2D eigenvalue weighted by molar-refractivity contribution is 0.247. The Kier molecular flexibility index (Phi) is 3.00. The van der Waals surface area contributed by atoms with Crippen molar-refractivity contribution in [2.75, 3.05) is 6.17 Å². The third kappa shape index (κ3) is 2.59. The highest BCUT2D eigenvalue weighted by Gasteiger charge is 2.30. The first-order valence-corrected chi connectivity index (χ1v) is 8.86. The van der Waals surface area contributed by atoms with Crippen LogP contribution < -0.4 is 0 Å². The van der Waals surface area contributed by atoms with Crippen LogP contribution in [0.15, 0.2) is 0 Å². The van der Waals surface area contributed by atoms with Crippen molar-refractivity contribution in [3.63, 3.8) is 0 Å². The van der Waals surface area contributed by atoms with Crippen molar-refractivity contribution in [3.05, 3.63) is 0 Å². The number of nitrogens with zero attached hydrogens (tertiary/aromatic N) is 1. The highest BCUT2D eigenvalue weighted by Crippen LogP contribution is 2.24. The molecule has 72 valence electrons. The van der Waals surface area contributed by atoms with Gasteiger partial charge in [-0.05, 0) is 32.9 Å². The van der Waals surface area contributed by atoms with Crippen molar-refractivity contribution in [1.29, 1.82) is 0 Å². The third-order valence-electron chi connectivity index (χ3n) is 2.79. The first-order chi connectivity index (χ1) is 5.40. The smallest absolute Gasteiger partial charge is 0.0599 e. The van der Waals surface area contributed by atoms with Crippen LogP contribution in [0.5, 0.6) is 0 Å². The Morgan fingerprint density at radius 2 is 1.50 bits per heavy atom. The quantitative estimate of drug-likeness (QED) is 0.598. The van der Waals surface area contributed by atoms with Gasteiger partial charge in [0.05, 0.1) is 8.07 Å². The standard InChI is InChI=1S/C10H23NSi/c1-9-6-7-10(2)11(9)8-12(3,4)5/h9-10H,6-8H2,1-5H3. The lowest BCUT2D eigenvalue weighted by Crippen LogP contribution is -2.44. The van der Waals surface area contributed by atoms with Gasteiger partial charge in [0.25, 0.3) is 0 Å². The third-order valence-corrected chi connectivity index (χ3v) is 4.11. The molecule has 0 bridgehead atoms. The van der Waals surface area contributed by atoms with Crippen LogP contribution in [-0.4, -0.2) is 31.2 Å². The average molecular weight is 185 g/mol. The fraction of sp³-hybridized carbons (Fsp3) is 1.00. The van der Waals surface area contributed by atoms with Crippen LogP contribution in [0.1, 0.15) is 26.7 Å². The largest absolute Gasteiger partial charge is 0.301 e. The average Bonchev–Trinajstić information content (AvgIpc) is 2.16. The van der Waals surface area contributed by atoms with E-state index >= 15 is 0 Å². The molecule has 0 aromatic carbocycles. The molecule has 1 nitrogen and oxygen atoms in total. The molecule has 0 spiro atoms. The van der Waals surface area contributed by atoms with Gasteiger partial charge in [-0.15, -0.1) is 0 Å². The Morgan fingerprint density at radius 3 is 1.83 bits per heavy atom. The predicted octanol–water partition coefficient (Wildman–Crippen LogP) is 2.74. The number of hydrogen-bond acceptors (Lipinski definition) is 1. The molecule has 0 amide bonds. The molecule has 1 saturated heterocycles. The monoisotopic (exact) mass is 185 g/mol. The van der Waals surface area contributed by atoms with Gasteiger partial charge in [0, 0.05) is 12.1 Å². The molecule has 2 unspecified atom stereocenters. The summed E-state index contributed by atoms with van der Waals surface area (Å²) >= 11 is 0. The van der Waals surface area contributed by atoms with E-state index in [9.17, 15) is 0 Å². The summed E-state index contributed by atoms with van der Waals surface area (Å²) in [5.74, 6) is 0. The van der Waals surface area contributed by atoms with Gasteiger partial charge in [0.2, 0.25) is 0 Å². The summed E-state index contributed by atoms with van der Waals surface area (Å²) in [5, 5.41) is 0. The van der Waals surface area contributed by atoms with Gasteiger partial charge >= 0.3 is 0 Å². The second-order valence-corrected chi connectivity index (χ2v) is 10.9. The lowest BCUT2D eigenvalue weighted by Gasteiger charge is -2.31. The predicted molar refractivity (Wildman–Crippen MR) is 58.2 cm³/mol. The second kappa shape index (κ2) is 3.50. The molecule has 2 heteroatoms. The molecule has 0 aromatic heterocycles. The highest BCUT2D eigenvalue weighted by molar-refractivity contribution is 6.76. The molecular formula is C10H23NSi. The summed E-state index contributed by atoms with van der Waals surface area (Å²) in [7, 11) is -0.880. The van der Waals surface area contributed by atoms with E-state index in [4.69, 9.17) is 0 Å². The molecule has 0 saturated carbocycles. The Labute approximate surface area is 78.2 Å². The maximum atomic E-state index is 2.71. The molecule has 0 aliphatic carbocycles. The lowest BCUT2D eigenvalue weighted by atomic mass is 10.2. The van der Waals surface area contributed by atoms with Crippen molar-refractivity contribution in [1.82, 2.24) is 4.90 Å². The topological polar surface area (TPSA) is 3.24 Å². The van der Waals surface area contributed by atoms with Gasteiger partial charge in [0.15, 0.2) is 0 Å². The molecule has 1 fully saturated rings. The van der Waals surface area contributed by atoms with Crippen molar-refractivity contribution in [3.8, 4) is 0 Å². The highest BCUT2D eigenvalue weighted by atomic mass is 28.3. The van der Waals surface area contributed by atoms with E-state index in [2.05, 4.69) is 38.4 Å². The Bertz CT molecular complexity index is 140. The molecular weight excluding hydrogens is 162 g/mol. The van der Waals surface area contributed by atoms with E-state index in [0.717, 1.165) is 12.1 Å². The van der Waals surface area contributed by atoms with Crippen LogP contribution >= 0.6 is 0 Å². The van der Waals surface area contributed by atoms with E-state index in [0.29, 0.717) is 0 Å².